The SMILES string of the molecule is COc1ncc(N(Cc2cc(C(F)(F)F)n[nH]2)C(=O)Nc2ccnc(C(F)F)c2F)cn1. The quantitative estimate of drug-likeness (QED) is 0.539. The van der Waals surface area contributed by atoms with Gasteiger partial charge in [0.1, 0.15) is 5.69 Å². The maximum Gasteiger partial charge on any atom is 0.435 e. The monoisotopic (exact) mass is 461 g/mol. The van der Waals surface area contributed by atoms with Crippen molar-refractivity contribution in [2.75, 3.05) is 17.3 Å². The number of hydrogen-bond acceptors (Lipinski definition) is 6. The molecule has 2 amide bonds. The molecule has 170 valence electrons. The molecule has 3 aromatic heterocycles. The minimum absolute atomic E-state index is 0.0185. The summed E-state index contributed by atoms with van der Waals surface area (Å²) in [4.78, 5) is 24.5. The van der Waals surface area contributed by atoms with Gasteiger partial charge in [0, 0.05) is 6.20 Å². The van der Waals surface area contributed by atoms with Crippen molar-refractivity contribution in [3.63, 3.8) is 0 Å². The normalized spacial score (nSPS) is 11.5. The number of nitrogens with one attached hydrogen (secondary N) is 2. The maximum absolute atomic E-state index is 14.3. The summed E-state index contributed by atoms with van der Waals surface area (Å²) in [6.45, 7) is -0.501. The van der Waals surface area contributed by atoms with Crippen LogP contribution in [-0.2, 0) is 12.7 Å². The Kier molecular flexibility index (Phi) is 6.45. The largest absolute Gasteiger partial charge is 0.467 e. The van der Waals surface area contributed by atoms with E-state index in [9.17, 15) is 31.1 Å². The molecule has 0 radical (unpaired) electrons. The molecule has 3 heterocycles. The van der Waals surface area contributed by atoms with Crippen molar-refractivity contribution in [2.24, 2.45) is 0 Å². The Morgan fingerprint density at radius 2 is 1.94 bits per heavy atom. The summed E-state index contributed by atoms with van der Waals surface area (Å²) >= 11 is 0. The Morgan fingerprint density at radius 1 is 1.25 bits per heavy atom. The molecule has 32 heavy (non-hydrogen) atoms. The second-order valence-corrected chi connectivity index (χ2v) is 6.08. The lowest BCUT2D eigenvalue weighted by Gasteiger charge is -2.22. The number of amides is 2. The zero-order chi connectivity index (χ0) is 23.5. The van der Waals surface area contributed by atoms with Crippen molar-refractivity contribution in [2.45, 2.75) is 19.1 Å². The Balaban J connectivity index is 1.92. The number of alkyl halides is 5. The smallest absolute Gasteiger partial charge is 0.435 e. The van der Waals surface area contributed by atoms with E-state index in [0.717, 1.165) is 29.6 Å². The number of hydrogen-bond donors (Lipinski definition) is 2. The first-order valence-corrected chi connectivity index (χ1v) is 8.58. The van der Waals surface area contributed by atoms with Crippen molar-refractivity contribution < 1.29 is 35.9 Å². The first-order valence-electron chi connectivity index (χ1n) is 8.58. The molecule has 0 bridgehead atoms. The third-order valence-electron chi connectivity index (χ3n) is 3.97. The highest BCUT2D eigenvalue weighted by atomic mass is 19.4. The van der Waals surface area contributed by atoms with Crippen LogP contribution in [0.25, 0.3) is 0 Å². The number of methoxy groups -OCH3 is 1. The van der Waals surface area contributed by atoms with E-state index >= 15 is 0 Å². The van der Waals surface area contributed by atoms with E-state index in [1.807, 2.05) is 0 Å². The molecule has 3 aromatic rings. The summed E-state index contributed by atoms with van der Waals surface area (Å²) in [6.07, 6.45) is -4.84. The molecular weight excluding hydrogens is 448 g/mol. The molecule has 0 atom stereocenters. The lowest BCUT2D eigenvalue weighted by Crippen LogP contribution is -2.35. The molecule has 0 aromatic carbocycles. The van der Waals surface area contributed by atoms with E-state index in [2.05, 4.69) is 30.5 Å². The van der Waals surface area contributed by atoms with E-state index in [0.29, 0.717) is 6.07 Å². The van der Waals surface area contributed by atoms with Crippen LogP contribution in [0.1, 0.15) is 23.5 Å². The number of H-pyrrole nitrogens is 1. The number of ether oxygens (including phenoxy) is 1. The second kappa shape index (κ2) is 9.07. The Labute approximate surface area is 175 Å². The van der Waals surface area contributed by atoms with Gasteiger partial charge in [-0.25, -0.2) is 27.9 Å². The van der Waals surface area contributed by atoms with Gasteiger partial charge < -0.3 is 10.1 Å². The van der Waals surface area contributed by atoms with E-state index in [4.69, 9.17) is 4.74 Å². The summed E-state index contributed by atoms with van der Waals surface area (Å²) in [5.74, 6) is -1.46. The van der Waals surface area contributed by atoms with Crippen LogP contribution in [0, 0.1) is 5.82 Å². The molecule has 0 saturated heterocycles. The van der Waals surface area contributed by atoms with Crippen molar-refractivity contribution in [3.05, 3.63) is 53.6 Å². The summed E-state index contributed by atoms with van der Waals surface area (Å²) in [6, 6.07) is 0.482. The molecule has 9 nitrogen and oxygen atoms in total. The van der Waals surface area contributed by atoms with Crippen molar-refractivity contribution in [1.82, 2.24) is 25.1 Å². The highest BCUT2D eigenvalue weighted by molar-refractivity contribution is 6.01. The number of urea groups is 1. The molecule has 0 saturated carbocycles. The van der Waals surface area contributed by atoms with E-state index < -0.39 is 48.1 Å². The maximum atomic E-state index is 14.3. The second-order valence-electron chi connectivity index (χ2n) is 6.08. The number of nitrogens with zero attached hydrogens (tertiary/aromatic N) is 5. The standard InChI is InChI=1S/C17H13F6N7O2/c1-32-15-25-5-9(6-26-15)30(7-8-4-11(29-28-8)17(21,22)23)16(31)27-10-2-3-24-13(12(10)18)14(19)20/h2-6,14H,7H2,1H3,(H,28,29)(H,24,27,31). The predicted octanol–water partition coefficient (Wildman–Crippen LogP) is 3.94. The van der Waals surface area contributed by atoms with Gasteiger partial charge in [0.2, 0.25) is 0 Å². The number of pyridine rings is 1. The van der Waals surface area contributed by atoms with Crippen molar-refractivity contribution in [1.29, 1.82) is 0 Å². The highest BCUT2D eigenvalue weighted by Crippen LogP contribution is 2.29. The summed E-state index contributed by atoms with van der Waals surface area (Å²) < 4.78 is 83.3. The highest BCUT2D eigenvalue weighted by Gasteiger charge is 2.34. The number of rotatable bonds is 6. The Hall–Kier alpha value is -3.91. The van der Waals surface area contributed by atoms with Gasteiger partial charge in [0.05, 0.1) is 43.1 Å². The van der Waals surface area contributed by atoms with Gasteiger partial charge in [0.15, 0.2) is 11.5 Å². The molecule has 3 rings (SSSR count). The van der Waals surface area contributed by atoms with Gasteiger partial charge >= 0.3 is 18.2 Å². The average Bonchev–Trinajstić information content (AvgIpc) is 3.23. The number of halogens is 6. The van der Waals surface area contributed by atoms with Gasteiger partial charge in [-0.2, -0.15) is 18.3 Å². The lowest BCUT2D eigenvalue weighted by atomic mass is 10.3. The number of anilines is 2. The van der Waals surface area contributed by atoms with Crippen LogP contribution in [0.2, 0.25) is 0 Å². The minimum atomic E-state index is -4.73. The summed E-state index contributed by atoms with van der Waals surface area (Å²) in [5.41, 5.74) is -3.16. The molecule has 0 aliphatic carbocycles. The van der Waals surface area contributed by atoms with Crippen LogP contribution < -0.4 is 15.0 Å². The molecule has 0 spiro atoms. The first kappa shape index (κ1) is 22.8. The van der Waals surface area contributed by atoms with Gasteiger partial charge in [-0.1, -0.05) is 0 Å². The van der Waals surface area contributed by atoms with Crippen LogP contribution in [0.15, 0.2) is 30.7 Å². The van der Waals surface area contributed by atoms with Crippen molar-refractivity contribution >= 4 is 17.4 Å². The molecule has 2 N–H and O–H groups in total. The minimum Gasteiger partial charge on any atom is -0.467 e. The van der Waals surface area contributed by atoms with E-state index in [1.165, 1.54) is 7.11 Å². The zero-order valence-electron chi connectivity index (χ0n) is 16.0. The predicted molar refractivity (Wildman–Crippen MR) is 96.5 cm³/mol. The molecule has 15 heteroatoms. The van der Waals surface area contributed by atoms with Gasteiger partial charge in [-0.05, 0) is 12.1 Å². The molecule has 0 aliphatic heterocycles. The van der Waals surface area contributed by atoms with Crippen molar-refractivity contribution in [3.8, 4) is 6.01 Å². The number of aromatic nitrogens is 5. The number of carbonyl (C=O) groups excluding carboxylic acids is 1. The molecule has 0 aliphatic rings. The fourth-order valence-corrected chi connectivity index (χ4v) is 2.48. The fraction of sp³-hybridized carbons (Fsp3) is 0.235. The Morgan fingerprint density at radius 3 is 2.50 bits per heavy atom. The lowest BCUT2D eigenvalue weighted by molar-refractivity contribution is -0.141. The topological polar surface area (TPSA) is 109 Å². The third kappa shape index (κ3) is 5.04. The van der Waals surface area contributed by atoms with Crippen LogP contribution in [-0.4, -0.2) is 38.3 Å². The fourth-order valence-electron chi connectivity index (χ4n) is 2.48. The van der Waals surface area contributed by atoms with Crippen LogP contribution >= 0.6 is 0 Å². The third-order valence-corrected chi connectivity index (χ3v) is 3.97. The molecule has 0 unspecified atom stereocenters. The van der Waals surface area contributed by atoms with E-state index in [-0.39, 0.29) is 17.4 Å². The summed E-state index contributed by atoms with van der Waals surface area (Å²) in [7, 11) is 1.29. The van der Waals surface area contributed by atoms with Gasteiger partial charge in [-0.3, -0.25) is 15.0 Å². The van der Waals surface area contributed by atoms with E-state index in [1.54, 1.807) is 0 Å². The molecular formula is C17H13F6N7O2. The first-order chi connectivity index (χ1) is 15.1. The Bertz CT molecular complexity index is 1090. The molecule has 0 fully saturated rings. The van der Waals surface area contributed by atoms with Crippen LogP contribution in [0.3, 0.4) is 0 Å². The van der Waals surface area contributed by atoms with Gasteiger partial charge in [0.25, 0.3) is 6.43 Å². The van der Waals surface area contributed by atoms with Gasteiger partial charge in [-0.15, -0.1) is 0 Å². The summed E-state index contributed by atoms with van der Waals surface area (Å²) in [5, 5.41) is 7.37. The average molecular weight is 461 g/mol. The van der Waals surface area contributed by atoms with Crippen LogP contribution in [0.4, 0.5) is 42.5 Å². The zero-order valence-corrected chi connectivity index (χ0v) is 16.0. The number of aromatic amines is 1. The van der Waals surface area contributed by atoms with Crippen LogP contribution in [0.5, 0.6) is 6.01 Å². The number of carbonyl (C=O) groups is 1.